The fourth-order valence-electron chi connectivity index (χ4n) is 4.80. The van der Waals surface area contributed by atoms with E-state index in [2.05, 4.69) is 56.1 Å². The minimum atomic E-state index is -0.301. The fourth-order valence-corrected chi connectivity index (χ4v) is 5.91. The molecule has 1 heterocycles. The van der Waals surface area contributed by atoms with Gasteiger partial charge >= 0.3 is 0 Å². The Hall–Kier alpha value is -1.74. The molecule has 0 saturated carbocycles. The number of Topliss-reactive ketones (excluding diaryl/α,β-unsaturated/α-hetero) is 1. The molecule has 2 aromatic rings. The largest absolute Gasteiger partial charge is 0.294 e. The van der Waals surface area contributed by atoms with Gasteiger partial charge in [0.25, 0.3) is 0 Å². The van der Waals surface area contributed by atoms with Crippen LogP contribution in [0.15, 0.2) is 47.0 Å². The van der Waals surface area contributed by atoms with Gasteiger partial charge in [0.2, 0.25) is 0 Å². The molecule has 130 valence electrons. The van der Waals surface area contributed by atoms with E-state index in [9.17, 15) is 4.79 Å². The number of rotatable bonds is 3. The SMILES string of the molecule is CC[C@@]1(c2ccccc2)C2=C(Cc3ncsc31)C[C@@H](C(C)C)CC2=O. The second-order valence-electron chi connectivity index (χ2n) is 7.74. The number of hydrogen-bond acceptors (Lipinski definition) is 3. The van der Waals surface area contributed by atoms with E-state index in [1.54, 1.807) is 11.3 Å². The summed E-state index contributed by atoms with van der Waals surface area (Å²) in [5.41, 5.74) is 6.53. The van der Waals surface area contributed by atoms with Crippen molar-refractivity contribution in [3.8, 4) is 0 Å². The molecule has 0 saturated heterocycles. The van der Waals surface area contributed by atoms with Crippen LogP contribution in [0.3, 0.4) is 0 Å². The van der Waals surface area contributed by atoms with Crippen LogP contribution in [-0.2, 0) is 16.6 Å². The maximum Gasteiger partial charge on any atom is 0.160 e. The summed E-state index contributed by atoms with van der Waals surface area (Å²) in [7, 11) is 0. The molecule has 1 aromatic heterocycles. The zero-order valence-electron chi connectivity index (χ0n) is 15.2. The van der Waals surface area contributed by atoms with Crippen molar-refractivity contribution in [2.45, 2.75) is 51.9 Å². The number of carbonyl (C=O) groups excluding carboxylic acids is 1. The Morgan fingerprint density at radius 3 is 2.68 bits per heavy atom. The minimum absolute atomic E-state index is 0.301. The molecule has 0 bridgehead atoms. The molecule has 0 fully saturated rings. The Morgan fingerprint density at radius 1 is 1.24 bits per heavy atom. The number of hydrogen-bond donors (Lipinski definition) is 0. The van der Waals surface area contributed by atoms with Crippen LogP contribution in [0.5, 0.6) is 0 Å². The van der Waals surface area contributed by atoms with Crippen LogP contribution < -0.4 is 0 Å². The van der Waals surface area contributed by atoms with Gasteiger partial charge in [-0.3, -0.25) is 4.79 Å². The van der Waals surface area contributed by atoms with Gasteiger partial charge in [-0.15, -0.1) is 11.3 Å². The molecule has 4 rings (SSSR count). The number of ketones is 1. The first-order valence-corrected chi connectivity index (χ1v) is 10.2. The van der Waals surface area contributed by atoms with Crippen LogP contribution in [0.4, 0.5) is 0 Å². The predicted molar refractivity (Wildman–Crippen MR) is 103 cm³/mol. The highest BCUT2D eigenvalue weighted by Crippen LogP contribution is 2.53. The number of allylic oxidation sites excluding steroid dienone is 2. The van der Waals surface area contributed by atoms with Gasteiger partial charge in [-0.25, -0.2) is 4.98 Å². The zero-order chi connectivity index (χ0) is 17.6. The number of nitrogens with zero attached hydrogens (tertiary/aromatic N) is 1. The third kappa shape index (κ3) is 2.43. The summed E-state index contributed by atoms with van der Waals surface area (Å²) in [5, 5.41) is 0. The highest BCUT2D eigenvalue weighted by Gasteiger charge is 2.48. The summed E-state index contributed by atoms with van der Waals surface area (Å²) in [6, 6.07) is 10.6. The van der Waals surface area contributed by atoms with E-state index in [4.69, 9.17) is 0 Å². The molecule has 25 heavy (non-hydrogen) atoms. The summed E-state index contributed by atoms with van der Waals surface area (Å²) in [4.78, 5) is 19.3. The van der Waals surface area contributed by atoms with E-state index < -0.39 is 0 Å². The molecule has 1 aromatic carbocycles. The third-order valence-electron chi connectivity index (χ3n) is 6.16. The van der Waals surface area contributed by atoms with Crippen molar-refractivity contribution in [1.82, 2.24) is 4.98 Å². The molecule has 3 heteroatoms. The Bertz CT molecular complexity index is 833. The average molecular weight is 352 g/mol. The topological polar surface area (TPSA) is 30.0 Å². The van der Waals surface area contributed by atoms with E-state index in [-0.39, 0.29) is 5.41 Å². The Balaban J connectivity index is 1.96. The van der Waals surface area contributed by atoms with E-state index in [1.807, 2.05) is 5.51 Å². The molecule has 0 unspecified atom stereocenters. The standard InChI is InChI=1S/C22H25NOS/c1-4-22(17-8-6-5-7-9-17)20-16(11-18-21(22)25-13-23-18)10-15(14(2)3)12-19(20)24/h5-9,13-15H,4,10-12H2,1-3H3/t15-,22-/m1/s1. The summed E-state index contributed by atoms with van der Waals surface area (Å²) in [6.07, 6.45) is 3.50. The first-order chi connectivity index (χ1) is 12.1. The average Bonchev–Trinajstić information content (AvgIpc) is 3.09. The normalized spacial score (nSPS) is 25.9. The van der Waals surface area contributed by atoms with Gasteiger partial charge in [-0.1, -0.05) is 56.7 Å². The van der Waals surface area contributed by atoms with Crippen molar-refractivity contribution in [3.63, 3.8) is 0 Å². The summed E-state index contributed by atoms with van der Waals surface area (Å²) in [6.45, 7) is 6.70. The molecule has 2 atom stereocenters. The molecule has 2 nitrogen and oxygen atoms in total. The van der Waals surface area contributed by atoms with Crippen LogP contribution in [-0.4, -0.2) is 10.8 Å². The van der Waals surface area contributed by atoms with Gasteiger partial charge in [0, 0.05) is 23.3 Å². The quantitative estimate of drug-likeness (QED) is 0.748. The summed E-state index contributed by atoms with van der Waals surface area (Å²) >= 11 is 1.72. The third-order valence-corrected chi connectivity index (χ3v) is 7.20. The monoisotopic (exact) mass is 351 g/mol. The molecular weight excluding hydrogens is 326 g/mol. The van der Waals surface area contributed by atoms with Crippen LogP contribution in [0.25, 0.3) is 0 Å². The van der Waals surface area contributed by atoms with Crippen molar-refractivity contribution in [2.75, 3.05) is 0 Å². The first kappa shape index (κ1) is 16.7. The lowest BCUT2D eigenvalue weighted by Gasteiger charge is -2.43. The fraction of sp³-hybridized carbons (Fsp3) is 0.455. The second kappa shape index (κ2) is 6.21. The van der Waals surface area contributed by atoms with Gasteiger partial charge in [-0.05, 0) is 30.2 Å². The molecular formula is C22H25NOS. The molecule has 0 aliphatic heterocycles. The molecule has 0 radical (unpaired) electrons. The predicted octanol–water partition coefficient (Wildman–Crippen LogP) is 5.33. The highest BCUT2D eigenvalue weighted by atomic mass is 32.1. The number of thiazole rings is 1. The van der Waals surface area contributed by atoms with Crippen LogP contribution >= 0.6 is 11.3 Å². The Morgan fingerprint density at radius 2 is 2.00 bits per heavy atom. The highest BCUT2D eigenvalue weighted by molar-refractivity contribution is 7.10. The zero-order valence-corrected chi connectivity index (χ0v) is 16.0. The maximum absolute atomic E-state index is 13.3. The van der Waals surface area contributed by atoms with E-state index in [0.29, 0.717) is 24.0 Å². The van der Waals surface area contributed by atoms with Crippen molar-refractivity contribution >= 4 is 17.1 Å². The van der Waals surface area contributed by atoms with E-state index in [1.165, 1.54) is 21.7 Å². The summed E-state index contributed by atoms with van der Waals surface area (Å²) < 4.78 is 0. The lowest BCUT2D eigenvalue weighted by molar-refractivity contribution is -0.118. The Labute approximate surface area is 154 Å². The molecule has 2 aliphatic rings. The maximum atomic E-state index is 13.3. The van der Waals surface area contributed by atoms with Crippen molar-refractivity contribution < 1.29 is 4.79 Å². The smallest absolute Gasteiger partial charge is 0.160 e. The van der Waals surface area contributed by atoms with Crippen LogP contribution in [0.1, 0.15) is 56.2 Å². The Kier molecular flexibility index (Phi) is 4.15. The van der Waals surface area contributed by atoms with Crippen molar-refractivity contribution in [2.24, 2.45) is 11.8 Å². The van der Waals surface area contributed by atoms with Gasteiger partial charge < -0.3 is 0 Å². The lowest BCUT2D eigenvalue weighted by Crippen LogP contribution is -2.41. The molecule has 0 spiro atoms. The van der Waals surface area contributed by atoms with Gasteiger partial charge in [0.1, 0.15) is 0 Å². The van der Waals surface area contributed by atoms with Gasteiger partial charge in [-0.2, -0.15) is 0 Å². The molecule has 0 N–H and O–H groups in total. The number of carbonyl (C=O) groups is 1. The van der Waals surface area contributed by atoms with E-state index in [0.717, 1.165) is 24.8 Å². The number of benzene rings is 1. The van der Waals surface area contributed by atoms with Crippen LogP contribution in [0, 0.1) is 11.8 Å². The lowest BCUT2D eigenvalue weighted by atomic mass is 9.60. The second-order valence-corrected chi connectivity index (χ2v) is 8.60. The van der Waals surface area contributed by atoms with Crippen molar-refractivity contribution in [3.05, 3.63) is 63.1 Å². The van der Waals surface area contributed by atoms with Crippen LogP contribution in [0.2, 0.25) is 0 Å². The summed E-state index contributed by atoms with van der Waals surface area (Å²) in [5.74, 6) is 1.38. The molecule has 0 amide bonds. The number of fused-ring (bicyclic) bond motifs is 1. The van der Waals surface area contributed by atoms with Gasteiger partial charge in [0.15, 0.2) is 5.78 Å². The minimum Gasteiger partial charge on any atom is -0.294 e. The van der Waals surface area contributed by atoms with Gasteiger partial charge in [0.05, 0.1) is 16.6 Å². The van der Waals surface area contributed by atoms with E-state index >= 15 is 0 Å². The molecule has 2 aliphatic carbocycles. The first-order valence-electron chi connectivity index (χ1n) is 9.32. The number of aromatic nitrogens is 1. The van der Waals surface area contributed by atoms with Crippen molar-refractivity contribution in [1.29, 1.82) is 0 Å².